The van der Waals surface area contributed by atoms with Crippen molar-refractivity contribution in [1.29, 1.82) is 0 Å². The van der Waals surface area contributed by atoms with Gasteiger partial charge in [-0.05, 0) is 90.1 Å². The van der Waals surface area contributed by atoms with E-state index in [1.807, 2.05) is 0 Å². The van der Waals surface area contributed by atoms with Gasteiger partial charge in [-0.3, -0.25) is 0 Å². The summed E-state index contributed by atoms with van der Waals surface area (Å²) in [6.07, 6.45) is 0. The van der Waals surface area contributed by atoms with Gasteiger partial charge in [0.05, 0.1) is 11.4 Å². The van der Waals surface area contributed by atoms with Gasteiger partial charge in [0.2, 0.25) is 0 Å². The number of rotatable bonds is 3. The van der Waals surface area contributed by atoms with E-state index in [0.717, 1.165) is 0 Å². The Kier molecular flexibility index (Phi) is 5.75. The molecule has 0 saturated carbocycles. The van der Waals surface area contributed by atoms with Crippen LogP contribution in [0.3, 0.4) is 0 Å². The first kappa shape index (κ1) is 28.4. The first-order valence-corrected chi connectivity index (χ1v) is 17.5. The Hall–Kier alpha value is -5.66. The van der Waals surface area contributed by atoms with Crippen molar-refractivity contribution in [2.75, 3.05) is 4.90 Å². The van der Waals surface area contributed by atoms with Crippen LogP contribution in [0.5, 0.6) is 0 Å². The molecular weight excluding hydrogens is 591 g/mol. The molecule has 0 atom stereocenters. The standard InChI is InChI=1S/C48H37N/c1-47(2)40-23-13-11-20-36(40)37-26-25-32(29-42(37)47)49(43-27-30-15-5-7-17-33(30)35-19-9-10-21-38(35)43)44-28-31-16-6-8-18-34(31)46-45(44)39-22-12-14-24-41(39)48(46,3)4/h5-29H,1-4H3. The first-order chi connectivity index (χ1) is 23.8. The van der Waals surface area contributed by atoms with Crippen LogP contribution in [0.4, 0.5) is 17.1 Å². The minimum absolute atomic E-state index is 0.112. The van der Waals surface area contributed by atoms with E-state index in [4.69, 9.17) is 0 Å². The highest BCUT2D eigenvalue weighted by Crippen LogP contribution is 2.58. The molecular formula is C48H37N. The van der Waals surface area contributed by atoms with Gasteiger partial charge in [-0.25, -0.2) is 0 Å². The normalized spacial score (nSPS) is 14.9. The maximum atomic E-state index is 2.58. The number of anilines is 3. The Morgan fingerprint density at radius 2 is 0.918 bits per heavy atom. The largest absolute Gasteiger partial charge is 0.309 e. The fraction of sp³-hybridized carbons (Fsp3) is 0.125. The Balaban J connectivity index is 1.36. The topological polar surface area (TPSA) is 3.24 Å². The third-order valence-electron chi connectivity index (χ3n) is 11.6. The van der Waals surface area contributed by atoms with Crippen molar-refractivity contribution in [3.05, 3.63) is 174 Å². The highest BCUT2D eigenvalue weighted by Gasteiger charge is 2.40. The lowest BCUT2D eigenvalue weighted by molar-refractivity contribution is 0.660. The predicted molar refractivity (Wildman–Crippen MR) is 209 cm³/mol. The van der Waals surface area contributed by atoms with E-state index >= 15 is 0 Å². The quantitative estimate of drug-likeness (QED) is 0.176. The molecule has 0 aliphatic heterocycles. The fourth-order valence-corrected chi connectivity index (χ4v) is 9.27. The average molecular weight is 628 g/mol. The van der Waals surface area contributed by atoms with E-state index in [-0.39, 0.29) is 10.8 Å². The van der Waals surface area contributed by atoms with Crippen LogP contribution in [-0.4, -0.2) is 0 Å². The summed E-state index contributed by atoms with van der Waals surface area (Å²) in [5.41, 5.74) is 14.2. The summed E-state index contributed by atoms with van der Waals surface area (Å²) in [5, 5.41) is 7.64. The molecule has 1 heteroatoms. The molecule has 1 nitrogen and oxygen atoms in total. The average Bonchev–Trinajstić information content (AvgIpc) is 3.52. The lowest BCUT2D eigenvalue weighted by Crippen LogP contribution is -2.18. The van der Waals surface area contributed by atoms with Crippen molar-refractivity contribution < 1.29 is 0 Å². The van der Waals surface area contributed by atoms with Crippen molar-refractivity contribution in [3.63, 3.8) is 0 Å². The smallest absolute Gasteiger partial charge is 0.0549 e. The van der Waals surface area contributed by atoms with Gasteiger partial charge in [-0.1, -0.05) is 155 Å². The van der Waals surface area contributed by atoms with Crippen LogP contribution in [0, 0.1) is 0 Å². The molecule has 2 aliphatic carbocycles. The van der Waals surface area contributed by atoms with E-state index in [1.165, 1.54) is 93.9 Å². The van der Waals surface area contributed by atoms with Crippen LogP contribution in [-0.2, 0) is 10.8 Å². The Morgan fingerprint density at radius 3 is 1.67 bits per heavy atom. The summed E-state index contributed by atoms with van der Waals surface area (Å²) in [5.74, 6) is 0. The fourth-order valence-electron chi connectivity index (χ4n) is 9.27. The molecule has 0 N–H and O–H groups in total. The molecule has 0 fully saturated rings. The van der Waals surface area contributed by atoms with Crippen LogP contribution in [0.2, 0.25) is 0 Å². The molecule has 8 aromatic carbocycles. The zero-order valence-electron chi connectivity index (χ0n) is 28.4. The Morgan fingerprint density at radius 1 is 0.388 bits per heavy atom. The van der Waals surface area contributed by atoms with Gasteiger partial charge in [0.1, 0.15) is 0 Å². The molecule has 0 unspecified atom stereocenters. The number of benzene rings is 8. The molecule has 8 aromatic rings. The Bertz CT molecular complexity index is 2670. The van der Waals surface area contributed by atoms with Crippen LogP contribution >= 0.6 is 0 Å². The zero-order valence-corrected chi connectivity index (χ0v) is 28.4. The van der Waals surface area contributed by atoms with Crippen LogP contribution in [0.15, 0.2) is 152 Å². The molecule has 49 heavy (non-hydrogen) atoms. The lowest BCUT2D eigenvalue weighted by Gasteiger charge is -2.32. The van der Waals surface area contributed by atoms with Crippen molar-refractivity contribution in [3.8, 4) is 22.3 Å². The van der Waals surface area contributed by atoms with Crippen molar-refractivity contribution in [1.82, 2.24) is 0 Å². The molecule has 0 spiro atoms. The van der Waals surface area contributed by atoms with Gasteiger partial charge in [-0.15, -0.1) is 0 Å². The minimum Gasteiger partial charge on any atom is -0.309 e. The zero-order chi connectivity index (χ0) is 33.1. The summed E-state index contributed by atoms with van der Waals surface area (Å²) < 4.78 is 0. The van der Waals surface area contributed by atoms with Gasteiger partial charge < -0.3 is 4.90 Å². The number of fused-ring (bicyclic) bond motifs is 11. The second-order valence-corrected chi connectivity index (χ2v) is 14.9. The van der Waals surface area contributed by atoms with Gasteiger partial charge in [0, 0.05) is 27.5 Å². The van der Waals surface area contributed by atoms with Gasteiger partial charge >= 0.3 is 0 Å². The number of hydrogen-bond donors (Lipinski definition) is 0. The minimum atomic E-state index is -0.153. The third-order valence-corrected chi connectivity index (χ3v) is 11.6. The lowest BCUT2D eigenvalue weighted by atomic mass is 9.80. The molecule has 0 radical (unpaired) electrons. The summed E-state index contributed by atoms with van der Waals surface area (Å²) in [4.78, 5) is 2.58. The molecule has 10 rings (SSSR count). The first-order valence-electron chi connectivity index (χ1n) is 17.5. The molecule has 0 saturated heterocycles. The number of hydrogen-bond acceptors (Lipinski definition) is 1. The monoisotopic (exact) mass is 627 g/mol. The summed E-state index contributed by atoms with van der Waals surface area (Å²) in [6.45, 7) is 9.56. The predicted octanol–water partition coefficient (Wildman–Crippen LogP) is 13.2. The van der Waals surface area contributed by atoms with E-state index in [9.17, 15) is 0 Å². The summed E-state index contributed by atoms with van der Waals surface area (Å²) in [6, 6.07) is 56.8. The maximum Gasteiger partial charge on any atom is 0.0549 e. The van der Waals surface area contributed by atoms with E-state index in [0.29, 0.717) is 0 Å². The summed E-state index contributed by atoms with van der Waals surface area (Å²) in [7, 11) is 0. The van der Waals surface area contributed by atoms with Crippen molar-refractivity contribution in [2.45, 2.75) is 38.5 Å². The third kappa shape index (κ3) is 3.82. The van der Waals surface area contributed by atoms with Gasteiger partial charge in [-0.2, -0.15) is 0 Å². The van der Waals surface area contributed by atoms with E-state index in [2.05, 4.69) is 184 Å². The van der Waals surface area contributed by atoms with E-state index < -0.39 is 0 Å². The SMILES string of the molecule is CC1(C)c2ccccc2-c2ccc(N(c3cc4ccccc4c4c3-c3ccccc3C4(C)C)c3cc4ccccc4c4ccccc34)cc21. The molecule has 2 aliphatic rings. The summed E-state index contributed by atoms with van der Waals surface area (Å²) >= 11 is 0. The molecule has 0 aromatic heterocycles. The van der Waals surface area contributed by atoms with Crippen LogP contribution < -0.4 is 4.90 Å². The molecule has 0 bridgehead atoms. The van der Waals surface area contributed by atoms with Crippen molar-refractivity contribution in [2.24, 2.45) is 0 Å². The Labute approximate surface area is 288 Å². The highest BCUT2D eigenvalue weighted by atomic mass is 15.1. The van der Waals surface area contributed by atoms with Crippen LogP contribution in [0.1, 0.15) is 49.9 Å². The highest BCUT2D eigenvalue weighted by molar-refractivity contribution is 6.16. The molecule has 234 valence electrons. The second-order valence-electron chi connectivity index (χ2n) is 14.9. The second kappa shape index (κ2) is 9.94. The maximum absolute atomic E-state index is 2.58. The van der Waals surface area contributed by atoms with Gasteiger partial charge in [0.25, 0.3) is 0 Å². The van der Waals surface area contributed by atoms with Crippen molar-refractivity contribution >= 4 is 49.4 Å². The molecule has 0 amide bonds. The molecule has 0 heterocycles. The number of nitrogens with zero attached hydrogens (tertiary/aromatic N) is 1. The van der Waals surface area contributed by atoms with E-state index in [1.54, 1.807) is 0 Å². The van der Waals surface area contributed by atoms with Crippen LogP contribution in [0.25, 0.3) is 54.6 Å². The van der Waals surface area contributed by atoms with Gasteiger partial charge in [0.15, 0.2) is 0 Å².